The SMILES string of the molecule is CCC(CC)NC(=O)C(C)O[C@H]1CCCNC1. The molecule has 0 aromatic carbocycles. The summed E-state index contributed by atoms with van der Waals surface area (Å²) in [5.74, 6) is 0.0178. The molecule has 4 heteroatoms. The third-order valence-corrected chi connectivity index (χ3v) is 3.35. The number of nitrogens with one attached hydrogen (secondary N) is 2. The van der Waals surface area contributed by atoms with Crippen LogP contribution < -0.4 is 10.6 Å². The summed E-state index contributed by atoms with van der Waals surface area (Å²) in [6.07, 6.45) is 3.97. The van der Waals surface area contributed by atoms with Crippen molar-refractivity contribution in [2.24, 2.45) is 0 Å². The molecule has 1 saturated heterocycles. The van der Waals surface area contributed by atoms with Crippen LogP contribution in [-0.2, 0) is 9.53 Å². The lowest BCUT2D eigenvalue weighted by Crippen LogP contribution is -2.44. The molecule has 1 aliphatic rings. The van der Waals surface area contributed by atoms with Gasteiger partial charge in [-0.25, -0.2) is 0 Å². The van der Waals surface area contributed by atoms with Crippen molar-refractivity contribution in [3.05, 3.63) is 0 Å². The second kappa shape index (κ2) is 7.67. The molecule has 0 bridgehead atoms. The molecule has 0 spiro atoms. The van der Waals surface area contributed by atoms with Crippen LogP contribution >= 0.6 is 0 Å². The first-order valence-electron chi connectivity index (χ1n) is 6.83. The fourth-order valence-electron chi connectivity index (χ4n) is 2.10. The summed E-state index contributed by atoms with van der Waals surface area (Å²) in [7, 11) is 0. The smallest absolute Gasteiger partial charge is 0.249 e. The van der Waals surface area contributed by atoms with Crippen LogP contribution in [0, 0.1) is 0 Å². The van der Waals surface area contributed by atoms with Crippen molar-refractivity contribution in [1.82, 2.24) is 10.6 Å². The quantitative estimate of drug-likeness (QED) is 0.741. The average molecular weight is 242 g/mol. The van der Waals surface area contributed by atoms with Gasteiger partial charge in [-0.2, -0.15) is 0 Å². The number of carbonyl (C=O) groups is 1. The van der Waals surface area contributed by atoms with E-state index in [0.29, 0.717) is 0 Å². The van der Waals surface area contributed by atoms with Crippen LogP contribution in [0.4, 0.5) is 0 Å². The van der Waals surface area contributed by atoms with Gasteiger partial charge in [0, 0.05) is 12.6 Å². The number of piperidine rings is 1. The number of hydrogen-bond acceptors (Lipinski definition) is 3. The van der Waals surface area contributed by atoms with Gasteiger partial charge in [0.15, 0.2) is 0 Å². The summed E-state index contributed by atoms with van der Waals surface area (Å²) in [6, 6.07) is 0.276. The highest BCUT2D eigenvalue weighted by molar-refractivity contribution is 5.80. The molecule has 1 aliphatic heterocycles. The lowest BCUT2D eigenvalue weighted by Gasteiger charge is -2.27. The van der Waals surface area contributed by atoms with Crippen molar-refractivity contribution in [2.45, 2.75) is 64.7 Å². The number of ether oxygens (including phenoxy) is 1. The van der Waals surface area contributed by atoms with Crippen LogP contribution in [0.15, 0.2) is 0 Å². The molecule has 2 N–H and O–H groups in total. The maximum Gasteiger partial charge on any atom is 0.249 e. The van der Waals surface area contributed by atoms with E-state index < -0.39 is 0 Å². The molecular weight excluding hydrogens is 216 g/mol. The highest BCUT2D eigenvalue weighted by Crippen LogP contribution is 2.09. The molecule has 100 valence electrons. The zero-order valence-electron chi connectivity index (χ0n) is 11.3. The molecule has 0 aliphatic carbocycles. The van der Waals surface area contributed by atoms with E-state index in [9.17, 15) is 4.79 Å². The fraction of sp³-hybridized carbons (Fsp3) is 0.923. The summed E-state index contributed by atoms with van der Waals surface area (Å²) in [4.78, 5) is 11.9. The Morgan fingerprint density at radius 1 is 1.47 bits per heavy atom. The lowest BCUT2D eigenvalue weighted by molar-refractivity contribution is -0.136. The van der Waals surface area contributed by atoms with Crippen molar-refractivity contribution >= 4 is 5.91 Å². The van der Waals surface area contributed by atoms with Crippen molar-refractivity contribution in [3.8, 4) is 0 Å². The van der Waals surface area contributed by atoms with E-state index in [-0.39, 0.29) is 24.2 Å². The van der Waals surface area contributed by atoms with E-state index in [1.807, 2.05) is 6.92 Å². The van der Waals surface area contributed by atoms with Gasteiger partial charge >= 0.3 is 0 Å². The first-order chi connectivity index (χ1) is 8.17. The van der Waals surface area contributed by atoms with Gasteiger partial charge in [-0.15, -0.1) is 0 Å². The Balaban J connectivity index is 2.30. The first kappa shape index (κ1) is 14.5. The standard InChI is InChI=1S/C13H26N2O2/c1-4-11(5-2)15-13(16)10(3)17-12-7-6-8-14-9-12/h10-12,14H,4-9H2,1-3H3,(H,15,16)/t10?,12-/m0/s1. The van der Waals surface area contributed by atoms with E-state index in [2.05, 4.69) is 24.5 Å². The van der Waals surface area contributed by atoms with Crippen molar-refractivity contribution in [3.63, 3.8) is 0 Å². The van der Waals surface area contributed by atoms with Crippen LogP contribution in [0.2, 0.25) is 0 Å². The number of amides is 1. The number of hydrogen-bond donors (Lipinski definition) is 2. The van der Waals surface area contributed by atoms with Crippen LogP contribution in [-0.4, -0.2) is 37.2 Å². The average Bonchev–Trinajstić information content (AvgIpc) is 2.36. The molecule has 1 heterocycles. The first-order valence-corrected chi connectivity index (χ1v) is 6.83. The summed E-state index contributed by atoms with van der Waals surface area (Å²) in [6.45, 7) is 7.94. The monoisotopic (exact) mass is 242 g/mol. The summed E-state index contributed by atoms with van der Waals surface area (Å²) in [5.41, 5.74) is 0. The molecule has 2 atom stereocenters. The van der Waals surface area contributed by atoms with Gasteiger partial charge in [0.05, 0.1) is 6.10 Å². The number of carbonyl (C=O) groups excluding carboxylic acids is 1. The van der Waals surface area contributed by atoms with Crippen LogP contribution in [0.25, 0.3) is 0 Å². The highest BCUT2D eigenvalue weighted by atomic mass is 16.5. The zero-order valence-corrected chi connectivity index (χ0v) is 11.3. The van der Waals surface area contributed by atoms with Crippen LogP contribution in [0.3, 0.4) is 0 Å². The predicted molar refractivity (Wildman–Crippen MR) is 69.0 cm³/mol. The van der Waals surface area contributed by atoms with Crippen molar-refractivity contribution in [2.75, 3.05) is 13.1 Å². The van der Waals surface area contributed by atoms with E-state index in [1.165, 1.54) is 0 Å². The third-order valence-electron chi connectivity index (χ3n) is 3.35. The second-order valence-corrected chi connectivity index (χ2v) is 4.77. The van der Waals surface area contributed by atoms with Gasteiger partial charge in [-0.1, -0.05) is 13.8 Å². The second-order valence-electron chi connectivity index (χ2n) is 4.77. The van der Waals surface area contributed by atoms with E-state index in [1.54, 1.807) is 0 Å². The third kappa shape index (κ3) is 5.04. The van der Waals surface area contributed by atoms with E-state index >= 15 is 0 Å². The van der Waals surface area contributed by atoms with Gasteiger partial charge in [0.25, 0.3) is 0 Å². The summed E-state index contributed by atoms with van der Waals surface area (Å²) in [5, 5.41) is 6.31. The molecule has 17 heavy (non-hydrogen) atoms. The lowest BCUT2D eigenvalue weighted by atomic mass is 10.1. The molecule has 0 aromatic heterocycles. The normalized spacial score (nSPS) is 22.5. The summed E-state index contributed by atoms with van der Waals surface area (Å²) < 4.78 is 5.77. The van der Waals surface area contributed by atoms with Gasteiger partial charge in [-0.3, -0.25) is 4.79 Å². The van der Waals surface area contributed by atoms with Crippen molar-refractivity contribution < 1.29 is 9.53 Å². The molecule has 1 amide bonds. The minimum Gasteiger partial charge on any atom is -0.364 e. The molecular formula is C13H26N2O2. The Morgan fingerprint density at radius 3 is 2.71 bits per heavy atom. The van der Waals surface area contributed by atoms with Gasteiger partial charge in [0.2, 0.25) is 5.91 Å². The van der Waals surface area contributed by atoms with E-state index in [4.69, 9.17) is 4.74 Å². The molecule has 0 saturated carbocycles. The van der Waals surface area contributed by atoms with Gasteiger partial charge in [0.1, 0.15) is 6.10 Å². The van der Waals surface area contributed by atoms with Crippen LogP contribution in [0.5, 0.6) is 0 Å². The minimum atomic E-state index is -0.347. The van der Waals surface area contributed by atoms with Gasteiger partial charge in [-0.05, 0) is 39.2 Å². The maximum atomic E-state index is 11.9. The van der Waals surface area contributed by atoms with E-state index in [0.717, 1.165) is 38.8 Å². The Hall–Kier alpha value is -0.610. The molecule has 1 unspecified atom stereocenters. The highest BCUT2D eigenvalue weighted by Gasteiger charge is 2.21. The maximum absolute atomic E-state index is 11.9. The Kier molecular flexibility index (Phi) is 6.52. The largest absolute Gasteiger partial charge is 0.364 e. The zero-order chi connectivity index (χ0) is 12.7. The Bertz CT molecular complexity index is 223. The molecule has 1 fully saturated rings. The molecule has 4 nitrogen and oxygen atoms in total. The summed E-state index contributed by atoms with van der Waals surface area (Å²) >= 11 is 0. The Labute approximate surface area is 104 Å². The fourth-order valence-corrected chi connectivity index (χ4v) is 2.10. The molecule has 1 rings (SSSR count). The topological polar surface area (TPSA) is 50.4 Å². The Morgan fingerprint density at radius 2 is 2.18 bits per heavy atom. The predicted octanol–water partition coefficient (Wildman–Crippen LogP) is 1.45. The van der Waals surface area contributed by atoms with Crippen molar-refractivity contribution in [1.29, 1.82) is 0 Å². The number of rotatable bonds is 6. The minimum absolute atomic E-state index is 0.0178. The molecule has 0 radical (unpaired) electrons. The van der Waals surface area contributed by atoms with Crippen LogP contribution in [0.1, 0.15) is 46.5 Å². The molecule has 0 aromatic rings. The van der Waals surface area contributed by atoms with Gasteiger partial charge < -0.3 is 15.4 Å².